The molecule has 1 aromatic heterocycles. The Hall–Kier alpha value is -3.79. The lowest BCUT2D eigenvalue weighted by Gasteiger charge is -2.36. The molecular formula is C31H32F3N5OS. The van der Waals surface area contributed by atoms with Gasteiger partial charge in [0.25, 0.3) is 0 Å². The molecule has 0 bridgehead atoms. The minimum atomic E-state index is -4.37. The van der Waals surface area contributed by atoms with Gasteiger partial charge in [0, 0.05) is 55.3 Å². The van der Waals surface area contributed by atoms with Crippen LogP contribution in [0.5, 0.6) is 0 Å². The predicted octanol–water partition coefficient (Wildman–Crippen LogP) is 6.87. The van der Waals surface area contributed by atoms with Gasteiger partial charge in [-0.05, 0) is 50.1 Å². The molecule has 41 heavy (non-hydrogen) atoms. The number of thioether (sulfide) groups is 1. The van der Waals surface area contributed by atoms with Crippen LogP contribution in [0.2, 0.25) is 0 Å². The molecule has 0 spiro atoms. The van der Waals surface area contributed by atoms with E-state index in [2.05, 4.69) is 46.0 Å². The average molecular weight is 580 g/mol. The Morgan fingerprint density at radius 3 is 2.27 bits per heavy atom. The van der Waals surface area contributed by atoms with E-state index in [-0.39, 0.29) is 5.91 Å². The zero-order valence-corrected chi connectivity index (χ0v) is 23.7. The number of aromatic nitrogens is 3. The topological polar surface area (TPSA) is 54.3 Å². The van der Waals surface area contributed by atoms with E-state index in [1.165, 1.54) is 17.7 Å². The number of alkyl halides is 3. The first-order valence-corrected chi connectivity index (χ1v) is 14.7. The fraction of sp³-hybridized carbons (Fsp3) is 0.323. The highest BCUT2D eigenvalue weighted by Gasteiger charge is 2.31. The van der Waals surface area contributed by atoms with Gasteiger partial charge in [0.15, 0.2) is 11.0 Å². The number of hydrogen-bond donors (Lipinski definition) is 0. The van der Waals surface area contributed by atoms with E-state index >= 15 is 0 Å². The van der Waals surface area contributed by atoms with Crippen LogP contribution in [-0.2, 0) is 11.0 Å². The molecule has 214 valence electrons. The van der Waals surface area contributed by atoms with Crippen LogP contribution in [0.3, 0.4) is 0 Å². The van der Waals surface area contributed by atoms with E-state index in [9.17, 15) is 18.0 Å². The summed E-state index contributed by atoms with van der Waals surface area (Å²) >= 11 is 1.63. The van der Waals surface area contributed by atoms with Crippen molar-refractivity contribution < 1.29 is 18.0 Å². The summed E-state index contributed by atoms with van der Waals surface area (Å²) in [5.41, 5.74) is 3.06. The van der Waals surface area contributed by atoms with Crippen LogP contribution in [0, 0.1) is 6.92 Å². The molecule has 1 aliphatic heterocycles. The van der Waals surface area contributed by atoms with Crippen molar-refractivity contribution in [2.24, 2.45) is 0 Å². The SMILES string of the molecule is Cc1ccc(-c2nnc(SCCCCC(=O)N3CCN(c4cccc(C(F)(F)F)c4)CC3)n2-c2ccccc2)cc1. The molecule has 0 unspecified atom stereocenters. The van der Waals surface area contributed by atoms with E-state index < -0.39 is 11.7 Å². The van der Waals surface area contributed by atoms with Crippen molar-refractivity contribution in [2.45, 2.75) is 37.5 Å². The van der Waals surface area contributed by atoms with Gasteiger partial charge in [-0.2, -0.15) is 13.2 Å². The van der Waals surface area contributed by atoms with Gasteiger partial charge in [-0.15, -0.1) is 10.2 Å². The highest BCUT2D eigenvalue weighted by molar-refractivity contribution is 7.99. The summed E-state index contributed by atoms with van der Waals surface area (Å²) in [6.45, 7) is 4.10. The Labute approximate surface area is 242 Å². The van der Waals surface area contributed by atoms with Crippen molar-refractivity contribution >= 4 is 23.4 Å². The normalized spacial score (nSPS) is 14.0. The van der Waals surface area contributed by atoms with Crippen LogP contribution in [0.25, 0.3) is 17.1 Å². The van der Waals surface area contributed by atoms with Crippen LogP contribution >= 0.6 is 11.8 Å². The summed E-state index contributed by atoms with van der Waals surface area (Å²) < 4.78 is 41.3. The third kappa shape index (κ3) is 7.11. The van der Waals surface area contributed by atoms with Crippen LogP contribution in [0.1, 0.15) is 30.4 Å². The Balaban J connectivity index is 1.11. The first-order chi connectivity index (χ1) is 19.8. The number of carbonyl (C=O) groups is 1. The highest BCUT2D eigenvalue weighted by atomic mass is 32.2. The average Bonchev–Trinajstić information content (AvgIpc) is 3.41. The Kier molecular flexibility index (Phi) is 8.97. The highest BCUT2D eigenvalue weighted by Crippen LogP contribution is 2.32. The lowest BCUT2D eigenvalue weighted by atomic mass is 10.1. The summed E-state index contributed by atoms with van der Waals surface area (Å²) in [6.07, 6.45) is -2.32. The fourth-order valence-corrected chi connectivity index (χ4v) is 5.81. The van der Waals surface area contributed by atoms with Gasteiger partial charge in [-0.1, -0.05) is 65.9 Å². The zero-order valence-electron chi connectivity index (χ0n) is 22.8. The van der Waals surface area contributed by atoms with Crippen LogP contribution in [-0.4, -0.2) is 57.5 Å². The Morgan fingerprint density at radius 2 is 1.56 bits per heavy atom. The van der Waals surface area contributed by atoms with Crippen LogP contribution in [0.4, 0.5) is 18.9 Å². The summed E-state index contributed by atoms with van der Waals surface area (Å²) in [5.74, 6) is 1.68. The number of para-hydroxylation sites is 1. The number of benzene rings is 3. The van der Waals surface area contributed by atoms with Crippen molar-refractivity contribution in [1.29, 1.82) is 0 Å². The molecule has 0 radical (unpaired) electrons. The molecule has 10 heteroatoms. The number of anilines is 1. The number of halogens is 3. The van der Waals surface area contributed by atoms with Crippen molar-refractivity contribution in [2.75, 3.05) is 36.8 Å². The zero-order chi connectivity index (χ0) is 28.8. The molecule has 1 fully saturated rings. The van der Waals surface area contributed by atoms with Gasteiger partial charge in [0.05, 0.1) is 5.56 Å². The van der Waals surface area contributed by atoms with Gasteiger partial charge in [-0.3, -0.25) is 9.36 Å². The predicted molar refractivity (Wildman–Crippen MR) is 156 cm³/mol. The van der Waals surface area contributed by atoms with Crippen molar-refractivity contribution in [3.05, 3.63) is 90.0 Å². The number of aryl methyl sites for hydroxylation is 1. The van der Waals surface area contributed by atoms with E-state index in [1.807, 2.05) is 40.1 Å². The minimum absolute atomic E-state index is 0.0906. The summed E-state index contributed by atoms with van der Waals surface area (Å²) in [5, 5.41) is 9.79. The number of nitrogens with zero attached hydrogens (tertiary/aromatic N) is 5. The third-order valence-corrected chi connectivity index (χ3v) is 8.16. The summed E-state index contributed by atoms with van der Waals surface area (Å²) in [7, 11) is 0. The van der Waals surface area contributed by atoms with Crippen LogP contribution < -0.4 is 4.90 Å². The number of rotatable bonds is 9. The second kappa shape index (κ2) is 12.8. The van der Waals surface area contributed by atoms with Gasteiger partial charge < -0.3 is 9.80 Å². The maximum absolute atomic E-state index is 13.1. The van der Waals surface area contributed by atoms with Crippen molar-refractivity contribution in [3.63, 3.8) is 0 Å². The molecule has 3 aromatic carbocycles. The molecule has 1 amide bonds. The van der Waals surface area contributed by atoms with E-state index in [1.54, 1.807) is 17.8 Å². The third-order valence-electron chi connectivity index (χ3n) is 7.14. The van der Waals surface area contributed by atoms with E-state index in [4.69, 9.17) is 0 Å². The molecule has 2 heterocycles. The summed E-state index contributed by atoms with van der Waals surface area (Å²) in [4.78, 5) is 16.5. The van der Waals surface area contributed by atoms with Crippen LogP contribution in [0.15, 0.2) is 84.0 Å². The second-order valence-electron chi connectivity index (χ2n) is 10.1. The molecular weight excluding hydrogens is 547 g/mol. The monoisotopic (exact) mass is 579 g/mol. The molecule has 0 aliphatic carbocycles. The smallest absolute Gasteiger partial charge is 0.368 e. The van der Waals surface area contributed by atoms with E-state index in [0.29, 0.717) is 38.3 Å². The molecule has 1 aliphatic rings. The molecule has 6 nitrogen and oxygen atoms in total. The van der Waals surface area contributed by atoms with E-state index in [0.717, 1.165) is 46.9 Å². The lowest BCUT2D eigenvalue weighted by Crippen LogP contribution is -2.48. The van der Waals surface area contributed by atoms with Gasteiger partial charge >= 0.3 is 6.18 Å². The molecule has 0 saturated carbocycles. The Morgan fingerprint density at radius 1 is 0.854 bits per heavy atom. The molecule has 0 N–H and O–H groups in total. The maximum atomic E-state index is 13.1. The van der Waals surface area contributed by atoms with Crippen molar-refractivity contribution in [1.82, 2.24) is 19.7 Å². The Bertz CT molecular complexity index is 1450. The first-order valence-electron chi connectivity index (χ1n) is 13.7. The lowest BCUT2D eigenvalue weighted by molar-refractivity contribution is -0.137. The number of unbranched alkanes of at least 4 members (excludes halogenated alkanes) is 1. The molecule has 5 rings (SSSR count). The quantitative estimate of drug-likeness (QED) is 0.160. The largest absolute Gasteiger partial charge is 0.416 e. The number of piperazine rings is 1. The number of hydrogen-bond acceptors (Lipinski definition) is 5. The number of amides is 1. The molecule has 1 saturated heterocycles. The molecule has 0 atom stereocenters. The molecule has 4 aromatic rings. The van der Waals surface area contributed by atoms with Crippen molar-refractivity contribution in [3.8, 4) is 17.1 Å². The van der Waals surface area contributed by atoms with Gasteiger partial charge in [0.2, 0.25) is 5.91 Å². The van der Waals surface area contributed by atoms with Gasteiger partial charge in [-0.25, -0.2) is 0 Å². The minimum Gasteiger partial charge on any atom is -0.368 e. The van der Waals surface area contributed by atoms with Gasteiger partial charge in [0.1, 0.15) is 0 Å². The fourth-order valence-electron chi connectivity index (χ4n) is 4.86. The second-order valence-corrected chi connectivity index (χ2v) is 11.1. The summed E-state index contributed by atoms with van der Waals surface area (Å²) in [6, 6.07) is 23.7. The first kappa shape index (κ1) is 28.7. The number of carbonyl (C=O) groups excluding carboxylic acids is 1. The maximum Gasteiger partial charge on any atom is 0.416 e. The standard InChI is InChI=1S/C31H32F3N5OS/c1-23-13-15-24(16-14-23)29-35-36-30(39(29)26-9-3-2-4-10-26)41-21-6-5-12-28(40)38-19-17-37(18-20-38)27-11-7-8-25(22-27)31(32,33)34/h2-4,7-11,13-16,22H,5-6,12,17-21H2,1H3.